The molecule has 0 amide bonds. The fourth-order valence-electron chi connectivity index (χ4n) is 8.12. The van der Waals surface area contributed by atoms with Crippen molar-refractivity contribution in [2.45, 2.75) is 78.6 Å². The van der Waals surface area contributed by atoms with E-state index in [0.717, 1.165) is 32.1 Å². The van der Waals surface area contributed by atoms with Gasteiger partial charge in [0, 0.05) is 24.7 Å². The second kappa shape index (κ2) is 10.4. The molecule has 0 aromatic rings. The first kappa shape index (κ1) is 26.7. The molecule has 3 aliphatic rings. The number of ether oxygens (including phenoxy) is 3. The number of esters is 3. The van der Waals surface area contributed by atoms with Crippen LogP contribution in [-0.2, 0) is 33.4 Å². The molecule has 3 saturated carbocycles. The maximum absolute atomic E-state index is 13.9. The Balaban J connectivity index is 1.87. The van der Waals surface area contributed by atoms with Gasteiger partial charge in [0.25, 0.3) is 0 Å². The summed E-state index contributed by atoms with van der Waals surface area (Å²) in [6, 6.07) is 0. The van der Waals surface area contributed by atoms with E-state index in [2.05, 4.69) is 20.8 Å². The molecule has 34 heavy (non-hydrogen) atoms. The zero-order valence-corrected chi connectivity index (χ0v) is 21.7. The lowest BCUT2D eigenvalue weighted by Gasteiger charge is -2.58. The molecule has 7 heteroatoms. The van der Waals surface area contributed by atoms with Crippen LogP contribution < -0.4 is 0 Å². The van der Waals surface area contributed by atoms with E-state index in [4.69, 9.17) is 14.2 Å². The summed E-state index contributed by atoms with van der Waals surface area (Å²) < 4.78 is 14.9. The SMILES string of the molecule is COC(=O)CC[C@@H](C)[C@@H]1CC[C@@H]2[C@@H]3CC[C@H](C(=O)OC)[C@](C)(CCC(=O)OC)[C@H]3CC(=O)[C@@]21C. The van der Waals surface area contributed by atoms with Gasteiger partial charge >= 0.3 is 17.9 Å². The molecular weight excluding hydrogens is 436 g/mol. The first-order valence-corrected chi connectivity index (χ1v) is 12.8. The summed E-state index contributed by atoms with van der Waals surface area (Å²) in [7, 11) is 4.20. The topological polar surface area (TPSA) is 96.0 Å². The fraction of sp³-hybridized carbons (Fsp3) is 0.852. The van der Waals surface area contributed by atoms with Gasteiger partial charge in [-0.1, -0.05) is 20.8 Å². The maximum atomic E-state index is 13.9. The highest BCUT2D eigenvalue weighted by molar-refractivity contribution is 5.87. The van der Waals surface area contributed by atoms with Gasteiger partial charge in [-0.25, -0.2) is 0 Å². The van der Waals surface area contributed by atoms with Crippen molar-refractivity contribution in [2.24, 2.45) is 46.3 Å². The molecule has 0 saturated heterocycles. The Kier molecular flexibility index (Phi) is 8.14. The third kappa shape index (κ3) is 4.51. The molecule has 3 fully saturated rings. The predicted octanol–water partition coefficient (Wildman–Crippen LogP) is 4.36. The minimum Gasteiger partial charge on any atom is -0.469 e. The molecule has 8 atom stereocenters. The Morgan fingerprint density at radius 1 is 0.912 bits per heavy atom. The Hall–Kier alpha value is -1.92. The highest BCUT2D eigenvalue weighted by atomic mass is 16.5. The predicted molar refractivity (Wildman–Crippen MR) is 125 cm³/mol. The number of hydrogen-bond acceptors (Lipinski definition) is 7. The van der Waals surface area contributed by atoms with E-state index in [-0.39, 0.29) is 59.7 Å². The Morgan fingerprint density at radius 2 is 1.56 bits per heavy atom. The van der Waals surface area contributed by atoms with E-state index >= 15 is 0 Å². The van der Waals surface area contributed by atoms with Crippen molar-refractivity contribution in [2.75, 3.05) is 21.3 Å². The Bertz CT molecular complexity index is 807. The minimum absolute atomic E-state index is 0.0460. The minimum atomic E-state index is -0.490. The molecule has 0 radical (unpaired) electrons. The van der Waals surface area contributed by atoms with Gasteiger partial charge in [0.05, 0.1) is 27.2 Å². The normalized spacial score (nSPS) is 37.8. The van der Waals surface area contributed by atoms with Crippen LogP contribution in [0.3, 0.4) is 0 Å². The molecule has 0 spiro atoms. The summed E-state index contributed by atoms with van der Waals surface area (Å²) in [6.45, 7) is 6.39. The van der Waals surface area contributed by atoms with Crippen molar-refractivity contribution < 1.29 is 33.4 Å². The number of carbonyl (C=O) groups is 4. The lowest BCUT2D eigenvalue weighted by molar-refractivity contribution is -0.171. The molecule has 0 aromatic heterocycles. The van der Waals surface area contributed by atoms with Crippen molar-refractivity contribution in [1.82, 2.24) is 0 Å². The quantitative estimate of drug-likeness (QED) is 0.378. The molecule has 0 bridgehead atoms. The van der Waals surface area contributed by atoms with Crippen molar-refractivity contribution in [3.63, 3.8) is 0 Å². The summed E-state index contributed by atoms with van der Waals surface area (Å²) in [5.74, 6) is 0.365. The third-order valence-corrected chi connectivity index (χ3v) is 10.1. The molecular formula is C27H42O7. The average molecular weight is 479 g/mol. The van der Waals surface area contributed by atoms with E-state index in [1.807, 2.05) is 0 Å². The molecule has 192 valence electrons. The van der Waals surface area contributed by atoms with Crippen molar-refractivity contribution in [3.8, 4) is 0 Å². The van der Waals surface area contributed by atoms with Crippen LogP contribution in [0, 0.1) is 46.3 Å². The molecule has 0 aromatic carbocycles. The molecule has 0 N–H and O–H groups in total. The van der Waals surface area contributed by atoms with Gasteiger partial charge in [0.15, 0.2) is 0 Å². The number of Topliss-reactive ketones (excluding diaryl/α,β-unsaturated/α-hetero) is 1. The molecule has 0 aliphatic heterocycles. The summed E-state index contributed by atoms with van der Waals surface area (Å²) in [4.78, 5) is 50.4. The maximum Gasteiger partial charge on any atom is 0.309 e. The van der Waals surface area contributed by atoms with Crippen molar-refractivity contribution in [3.05, 3.63) is 0 Å². The zero-order valence-electron chi connectivity index (χ0n) is 21.7. The van der Waals surface area contributed by atoms with Gasteiger partial charge in [0.1, 0.15) is 5.78 Å². The van der Waals surface area contributed by atoms with Gasteiger partial charge in [-0.2, -0.15) is 0 Å². The number of ketones is 1. The first-order chi connectivity index (χ1) is 16.0. The molecule has 0 unspecified atom stereocenters. The average Bonchev–Trinajstić information content (AvgIpc) is 3.20. The van der Waals surface area contributed by atoms with Crippen LogP contribution in [0.4, 0.5) is 0 Å². The van der Waals surface area contributed by atoms with E-state index in [1.54, 1.807) is 0 Å². The molecule has 3 rings (SSSR count). The van der Waals surface area contributed by atoms with Crippen LogP contribution in [0.5, 0.6) is 0 Å². The summed E-state index contributed by atoms with van der Waals surface area (Å²) in [5.41, 5.74) is -0.895. The van der Waals surface area contributed by atoms with Crippen LogP contribution in [-0.4, -0.2) is 45.0 Å². The van der Waals surface area contributed by atoms with Gasteiger partial charge in [0.2, 0.25) is 0 Å². The highest BCUT2D eigenvalue weighted by Gasteiger charge is 2.64. The van der Waals surface area contributed by atoms with Crippen LogP contribution >= 0.6 is 0 Å². The van der Waals surface area contributed by atoms with Gasteiger partial charge in [-0.05, 0) is 73.5 Å². The van der Waals surface area contributed by atoms with Gasteiger partial charge < -0.3 is 14.2 Å². The Labute approximate surface area is 203 Å². The first-order valence-electron chi connectivity index (χ1n) is 12.8. The second-order valence-corrected chi connectivity index (χ2v) is 11.3. The Morgan fingerprint density at radius 3 is 2.18 bits per heavy atom. The molecule has 7 nitrogen and oxygen atoms in total. The van der Waals surface area contributed by atoms with Gasteiger partial charge in [-0.3, -0.25) is 19.2 Å². The number of rotatable bonds is 8. The zero-order chi connectivity index (χ0) is 25.3. The van der Waals surface area contributed by atoms with E-state index in [9.17, 15) is 19.2 Å². The fourth-order valence-corrected chi connectivity index (χ4v) is 8.12. The van der Waals surface area contributed by atoms with E-state index < -0.39 is 10.8 Å². The monoisotopic (exact) mass is 478 g/mol. The standard InChI is InChI=1S/C27H42O7/c1-16(7-12-23(29)32-4)18-10-11-19-17-8-9-20(25(31)34-6)26(2,14-13-24(30)33-5)21(17)15-22(28)27(18,19)3/h16-21H,7-15H2,1-6H3/t16-,17+,18+,19-,20-,21+,26+,27-/m1/s1. The molecule has 0 heterocycles. The van der Waals surface area contributed by atoms with Crippen molar-refractivity contribution in [1.29, 1.82) is 0 Å². The summed E-state index contributed by atoms with van der Waals surface area (Å²) in [5, 5.41) is 0. The third-order valence-electron chi connectivity index (χ3n) is 10.1. The van der Waals surface area contributed by atoms with E-state index in [0.29, 0.717) is 25.2 Å². The van der Waals surface area contributed by atoms with Crippen LogP contribution in [0.1, 0.15) is 78.6 Å². The number of carbonyl (C=O) groups excluding carboxylic acids is 4. The van der Waals surface area contributed by atoms with Crippen molar-refractivity contribution >= 4 is 23.7 Å². The van der Waals surface area contributed by atoms with Crippen LogP contribution in [0.2, 0.25) is 0 Å². The summed E-state index contributed by atoms with van der Waals surface area (Å²) >= 11 is 0. The van der Waals surface area contributed by atoms with Crippen LogP contribution in [0.15, 0.2) is 0 Å². The second-order valence-electron chi connectivity index (χ2n) is 11.3. The largest absolute Gasteiger partial charge is 0.469 e. The smallest absolute Gasteiger partial charge is 0.309 e. The van der Waals surface area contributed by atoms with Gasteiger partial charge in [-0.15, -0.1) is 0 Å². The lowest BCUT2D eigenvalue weighted by atomic mass is 9.45. The highest BCUT2D eigenvalue weighted by Crippen LogP contribution is 2.66. The number of fused-ring (bicyclic) bond motifs is 3. The summed E-state index contributed by atoms with van der Waals surface area (Å²) in [6.07, 6.45) is 5.87. The number of hydrogen-bond donors (Lipinski definition) is 0. The van der Waals surface area contributed by atoms with E-state index in [1.165, 1.54) is 21.3 Å². The van der Waals surface area contributed by atoms with Crippen LogP contribution in [0.25, 0.3) is 0 Å². The number of methoxy groups -OCH3 is 3. The molecule has 3 aliphatic carbocycles. The lowest BCUT2D eigenvalue weighted by Crippen LogP contribution is -2.57.